The van der Waals surface area contributed by atoms with Gasteiger partial charge in [-0.2, -0.15) is 11.8 Å². The van der Waals surface area contributed by atoms with E-state index in [1.807, 2.05) is 31.7 Å². The third-order valence-electron chi connectivity index (χ3n) is 2.71. The number of nitrogens with zero attached hydrogens (tertiary/aromatic N) is 1. The zero-order chi connectivity index (χ0) is 12.5. The van der Waals surface area contributed by atoms with Crippen molar-refractivity contribution >= 4 is 11.8 Å². The number of rotatable bonds is 3. The minimum atomic E-state index is 0. The average molecular weight is 291 g/mol. The second-order valence-corrected chi connectivity index (χ2v) is 5.11. The van der Waals surface area contributed by atoms with E-state index in [1.165, 1.54) is 30.2 Å². The molecule has 1 aromatic carbocycles. The van der Waals surface area contributed by atoms with Crippen molar-refractivity contribution in [3.05, 3.63) is 41.1 Å². The summed E-state index contributed by atoms with van der Waals surface area (Å²) in [5.74, 6) is 2.52. The zero-order valence-electron chi connectivity index (χ0n) is 11.9. The molecule has 18 heavy (non-hydrogen) atoms. The Balaban J connectivity index is 0.000000917. The molecule has 0 radical (unpaired) electrons. The first-order valence-corrected chi connectivity index (χ1v) is 7.56. The quantitative estimate of drug-likeness (QED) is 0.771. The van der Waals surface area contributed by atoms with E-state index in [0.29, 0.717) is 6.54 Å². The predicted octanol–water partition coefficient (Wildman–Crippen LogP) is 0.818. The molecule has 96 valence electrons. The van der Waals surface area contributed by atoms with Crippen LogP contribution in [0, 0.1) is 0 Å². The molecule has 1 aliphatic rings. The zero-order valence-corrected chi connectivity index (χ0v) is 15.8. The topological polar surface area (TPSA) is 27.0 Å². The molecule has 1 saturated heterocycles. The Morgan fingerprint density at radius 2 is 1.78 bits per heavy atom. The van der Waals surface area contributed by atoms with Gasteiger partial charge in [0.05, 0.1) is 0 Å². The molecule has 1 heterocycles. The van der Waals surface area contributed by atoms with Gasteiger partial charge in [0, 0.05) is 31.1 Å². The minimum Gasteiger partial charge on any atom is -0.674 e. The molecular weight excluding hydrogens is 267 g/mol. The van der Waals surface area contributed by atoms with Gasteiger partial charge in [-0.3, -0.25) is 4.90 Å². The molecule has 0 bridgehead atoms. The summed E-state index contributed by atoms with van der Waals surface area (Å²) in [4.78, 5) is 2.50. The van der Waals surface area contributed by atoms with Crippen LogP contribution in [0.5, 0.6) is 0 Å². The van der Waals surface area contributed by atoms with Crippen LogP contribution in [0.25, 0.3) is 5.73 Å². The van der Waals surface area contributed by atoms with Gasteiger partial charge in [-0.25, -0.2) is 0 Å². The number of thioether (sulfide) groups is 1. The van der Waals surface area contributed by atoms with Crippen molar-refractivity contribution in [2.75, 3.05) is 24.6 Å². The molecule has 0 atom stereocenters. The Morgan fingerprint density at radius 1 is 1.17 bits per heavy atom. The number of nitrogens with one attached hydrogen (secondary N) is 1. The average Bonchev–Trinajstić information content (AvgIpc) is 2.42. The standard InChI is InChI=1S/C12H17N2S.C2H6.K/c13-9-11-2-1-3-12(8-11)10-14-4-6-15-7-5-14;1-2;/h1-3,8,13H,4-7,9-10H2;1-2H3;/q-1;;+1. The van der Waals surface area contributed by atoms with Crippen molar-refractivity contribution in [3.8, 4) is 0 Å². The summed E-state index contributed by atoms with van der Waals surface area (Å²) in [5, 5.41) is 0. The second-order valence-electron chi connectivity index (χ2n) is 3.89. The van der Waals surface area contributed by atoms with Crippen LogP contribution in [0.4, 0.5) is 0 Å². The van der Waals surface area contributed by atoms with E-state index >= 15 is 0 Å². The molecular formula is C14H23KN2S. The molecule has 2 rings (SSSR count). The van der Waals surface area contributed by atoms with E-state index in [0.717, 1.165) is 12.1 Å². The fourth-order valence-electron chi connectivity index (χ4n) is 1.86. The summed E-state index contributed by atoms with van der Waals surface area (Å²) < 4.78 is 0. The predicted molar refractivity (Wildman–Crippen MR) is 78.4 cm³/mol. The summed E-state index contributed by atoms with van der Waals surface area (Å²) in [6, 6.07) is 8.43. The third kappa shape index (κ3) is 7.05. The summed E-state index contributed by atoms with van der Waals surface area (Å²) in [6.45, 7) is 7.85. The molecule has 2 nitrogen and oxygen atoms in total. The summed E-state index contributed by atoms with van der Waals surface area (Å²) in [5.41, 5.74) is 9.82. The van der Waals surface area contributed by atoms with Gasteiger partial charge in [0.1, 0.15) is 0 Å². The van der Waals surface area contributed by atoms with Crippen LogP contribution in [0.3, 0.4) is 0 Å². The fraction of sp³-hybridized carbons (Fsp3) is 0.571. The number of hydrogen-bond acceptors (Lipinski definition) is 2. The molecule has 0 amide bonds. The van der Waals surface area contributed by atoms with Crippen LogP contribution in [0.1, 0.15) is 25.0 Å². The SMILES string of the molecule is CC.[K+].[NH-]Cc1cccc(CN2CCSCC2)c1. The maximum atomic E-state index is 7.34. The first-order valence-electron chi connectivity index (χ1n) is 6.41. The van der Waals surface area contributed by atoms with Gasteiger partial charge in [0.15, 0.2) is 0 Å². The van der Waals surface area contributed by atoms with Gasteiger partial charge in [-0.05, 0) is 5.56 Å². The van der Waals surface area contributed by atoms with Crippen molar-refractivity contribution in [2.45, 2.75) is 26.9 Å². The first kappa shape index (κ1) is 19.1. The second kappa shape index (κ2) is 11.9. The van der Waals surface area contributed by atoms with Crippen LogP contribution in [-0.2, 0) is 13.1 Å². The molecule has 4 heteroatoms. The van der Waals surface area contributed by atoms with Crippen LogP contribution in [-0.4, -0.2) is 29.5 Å². The first-order chi connectivity index (χ1) is 8.38. The van der Waals surface area contributed by atoms with Gasteiger partial charge in [-0.15, -0.1) is 6.54 Å². The van der Waals surface area contributed by atoms with Crippen molar-refractivity contribution in [3.63, 3.8) is 0 Å². The summed E-state index contributed by atoms with van der Waals surface area (Å²) >= 11 is 2.05. The Bertz CT molecular complexity index is 314. The van der Waals surface area contributed by atoms with Crippen molar-refractivity contribution in [2.24, 2.45) is 0 Å². The monoisotopic (exact) mass is 290 g/mol. The molecule has 0 spiro atoms. The number of benzene rings is 1. The van der Waals surface area contributed by atoms with Crippen LogP contribution >= 0.6 is 11.8 Å². The molecule has 0 unspecified atom stereocenters. The van der Waals surface area contributed by atoms with Gasteiger partial charge >= 0.3 is 51.4 Å². The van der Waals surface area contributed by atoms with E-state index in [2.05, 4.69) is 23.1 Å². The van der Waals surface area contributed by atoms with E-state index in [-0.39, 0.29) is 51.4 Å². The molecule has 0 saturated carbocycles. The Kier molecular flexibility index (Phi) is 12.7. The molecule has 0 aromatic heterocycles. The van der Waals surface area contributed by atoms with E-state index in [9.17, 15) is 0 Å². The summed E-state index contributed by atoms with van der Waals surface area (Å²) in [6.07, 6.45) is 0. The van der Waals surface area contributed by atoms with Crippen LogP contribution in [0.2, 0.25) is 0 Å². The minimum absolute atomic E-state index is 0. The van der Waals surface area contributed by atoms with E-state index in [1.54, 1.807) is 0 Å². The van der Waals surface area contributed by atoms with Gasteiger partial charge in [0.2, 0.25) is 0 Å². The van der Waals surface area contributed by atoms with Crippen LogP contribution in [0.15, 0.2) is 24.3 Å². The van der Waals surface area contributed by atoms with Gasteiger partial charge in [-0.1, -0.05) is 43.7 Å². The maximum Gasteiger partial charge on any atom is 1.00 e. The maximum absolute atomic E-state index is 7.34. The number of hydrogen-bond donors (Lipinski definition) is 0. The fourth-order valence-corrected chi connectivity index (χ4v) is 2.83. The van der Waals surface area contributed by atoms with Crippen molar-refractivity contribution in [1.29, 1.82) is 0 Å². The van der Waals surface area contributed by atoms with E-state index in [4.69, 9.17) is 5.73 Å². The van der Waals surface area contributed by atoms with Crippen molar-refractivity contribution < 1.29 is 51.4 Å². The third-order valence-corrected chi connectivity index (χ3v) is 3.65. The molecule has 1 N–H and O–H groups in total. The Morgan fingerprint density at radius 3 is 2.39 bits per heavy atom. The van der Waals surface area contributed by atoms with Gasteiger partial charge in [0.25, 0.3) is 0 Å². The van der Waals surface area contributed by atoms with E-state index < -0.39 is 0 Å². The van der Waals surface area contributed by atoms with Crippen molar-refractivity contribution in [1.82, 2.24) is 4.90 Å². The largest absolute Gasteiger partial charge is 1.00 e. The molecule has 1 aromatic rings. The van der Waals surface area contributed by atoms with Crippen LogP contribution < -0.4 is 51.4 Å². The normalized spacial score (nSPS) is 15.3. The van der Waals surface area contributed by atoms with Gasteiger partial charge < -0.3 is 5.73 Å². The molecule has 1 aliphatic heterocycles. The smallest absolute Gasteiger partial charge is 0.674 e. The Hall–Kier alpha value is 1.13. The summed E-state index contributed by atoms with van der Waals surface area (Å²) in [7, 11) is 0. The molecule has 0 aliphatic carbocycles. The molecule has 1 fully saturated rings. The Labute approximate surface area is 158 Å².